The SMILES string of the molecule is Clc1ccc2[nH]cc(CCN3CCN(Cc4ccccc4)C3)c2c1. The van der Waals surface area contributed by atoms with Crippen LogP contribution >= 0.6 is 11.6 Å². The van der Waals surface area contributed by atoms with Crippen LogP contribution in [-0.2, 0) is 13.0 Å². The minimum absolute atomic E-state index is 0.804. The highest BCUT2D eigenvalue weighted by atomic mass is 35.5. The van der Waals surface area contributed by atoms with Gasteiger partial charge in [-0.15, -0.1) is 0 Å². The second-order valence-corrected chi connectivity index (χ2v) is 6.99. The van der Waals surface area contributed by atoms with Gasteiger partial charge in [0, 0.05) is 48.3 Å². The summed E-state index contributed by atoms with van der Waals surface area (Å²) < 4.78 is 0. The average molecular weight is 340 g/mol. The zero-order chi connectivity index (χ0) is 16.4. The minimum Gasteiger partial charge on any atom is -0.361 e. The Bertz CT molecular complexity index is 812. The van der Waals surface area contributed by atoms with Crippen LogP contribution in [-0.4, -0.2) is 41.1 Å². The third-order valence-corrected chi connectivity index (χ3v) is 5.04. The predicted molar refractivity (Wildman–Crippen MR) is 100 cm³/mol. The molecular formula is C20H22ClN3. The summed E-state index contributed by atoms with van der Waals surface area (Å²) in [6.45, 7) is 5.48. The van der Waals surface area contributed by atoms with Crippen molar-refractivity contribution in [3.8, 4) is 0 Å². The highest BCUT2D eigenvalue weighted by Crippen LogP contribution is 2.23. The standard InChI is InChI=1S/C20H22ClN3/c21-18-6-7-20-19(12-18)17(13-22-20)8-9-23-10-11-24(15-23)14-16-4-2-1-3-5-16/h1-7,12-13,22H,8-11,14-15H2. The Morgan fingerprint density at radius 1 is 1.00 bits per heavy atom. The molecule has 1 N–H and O–H groups in total. The monoisotopic (exact) mass is 339 g/mol. The molecule has 0 saturated carbocycles. The number of benzene rings is 2. The van der Waals surface area contributed by atoms with E-state index in [-0.39, 0.29) is 0 Å². The van der Waals surface area contributed by atoms with Gasteiger partial charge in [-0.05, 0) is 35.7 Å². The lowest BCUT2D eigenvalue weighted by atomic mass is 10.1. The summed E-state index contributed by atoms with van der Waals surface area (Å²) >= 11 is 6.14. The van der Waals surface area contributed by atoms with E-state index in [0.717, 1.165) is 44.3 Å². The smallest absolute Gasteiger partial charge is 0.0510 e. The van der Waals surface area contributed by atoms with Crippen LogP contribution in [0.3, 0.4) is 0 Å². The largest absolute Gasteiger partial charge is 0.361 e. The maximum absolute atomic E-state index is 6.14. The van der Waals surface area contributed by atoms with E-state index in [1.807, 2.05) is 6.07 Å². The maximum Gasteiger partial charge on any atom is 0.0510 e. The first-order chi connectivity index (χ1) is 11.8. The number of aromatic amines is 1. The van der Waals surface area contributed by atoms with E-state index in [0.29, 0.717) is 0 Å². The van der Waals surface area contributed by atoms with Gasteiger partial charge in [-0.2, -0.15) is 0 Å². The molecule has 0 aliphatic carbocycles. The summed E-state index contributed by atoms with van der Waals surface area (Å²) in [6.07, 6.45) is 3.18. The lowest BCUT2D eigenvalue weighted by Gasteiger charge is -2.18. The van der Waals surface area contributed by atoms with Crippen molar-refractivity contribution in [2.75, 3.05) is 26.3 Å². The molecule has 0 atom stereocenters. The van der Waals surface area contributed by atoms with Crippen LogP contribution in [0, 0.1) is 0 Å². The van der Waals surface area contributed by atoms with Crippen LogP contribution in [0.1, 0.15) is 11.1 Å². The van der Waals surface area contributed by atoms with Crippen molar-refractivity contribution in [1.82, 2.24) is 14.8 Å². The molecule has 0 amide bonds. The molecule has 0 bridgehead atoms. The number of aromatic nitrogens is 1. The number of nitrogens with one attached hydrogen (secondary N) is 1. The first-order valence-corrected chi connectivity index (χ1v) is 8.90. The van der Waals surface area contributed by atoms with Crippen molar-refractivity contribution in [2.45, 2.75) is 13.0 Å². The first-order valence-electron chi connectivity index (χ1n) is 8.52. The van der Waals surface area contributed by atoms with Crippen molar-refractivity contribution in [1.29, 1.82) is 0 Å². The van der Waals surface area contributed by atoms with E-state index in [1.54, 1.807) is 0 Å². The number of hydrogen-bond donors (Lipinski definition) is 1. The van der Waals surface area contributed by atoms with Gasteiger partial charge in [-0.25, -0.2) is 0 Å². The van der Waals surface area contributed by atoms with Crippen LogP contribution in [0.25, 0.3) is 10.9 Å². The number of halogens is 1. The normalized spacial score (nSPS) is 16.2. The fourth-order valence-electron chi connectivity index (χ4n) is 3.50. The van der Waals surface area contributed by atoms with E-state index in [9.17, 15) is 0 Å². The second kappa shape index (κ2) is 6.98. The Balaban J connectivity index is 1.34. The highest BCUT2D eigenvalue weighted by molar-refractivity contribution is 6.31. The predicted octanol–water partition coefficient (Wildman–Crippen LogP) is 4.14. The summed E-state index contributed by atoms with van der Waals surface area (Å²) in [4.78, 5) is 8.39. The van der Waals surface area contributed by atoms with Gasteiger partial charge in [0.15, 0.2) is 0 Å². The molecule has 2 aromatic carbocycles. The number of H-pyrrole nitrogens is 1. The van der Waals surface area contributed by atoms with Crippen LogP contribution in [0.4, 0.5) is 0 Å². The summed E-state index contributed by atoms with van der Waals surface area (Å²) in [7, 11) is 0. The van der Waals surface area contributed by atoms with Gasteiger partial charge >= 0.3 is 0 Å². The molecule has 124 valence electrons. The lowest BCUT2D eigenvalue weighted by Crippen LogP contribution is -2.27. The Morgan fingerprint density at radius 3 is 2.71 bits per heavy atom. The molecule has 1 saturated heterocycles. The van der Waals surface area contributed by atoms with E-state index >= 15 is 0 Å². The van der Waals surface area contributed by atoms with E-state index < -0.39 is 0 Å². The molecule has 4 heteroatoms. The van der Waals surface area contributed by atoms with Crippen LogP contribution in [0.15, 0.2) is 54.7 Å². The molecule has 3 aromatic rings. The topological polar surface area (TPSA) is 22.3 Å². The van der Waals surface area contributed by atoms with Gasteiger partial charge in [0.25, 0.3) is 0 Å². The Morgan fingerprint density at radius 2 is 1.83 bits per heavy atom. The van der Waals surface area contributed by atoms with Gasteiger partial charge in [0.1, 0.15) is 0 Å². The Kier molecular flexibility index (Phi) is 4.56. The molecule has 1 aliphatic heterocycles. The Hall–Kier alpha value is -1.81. The molecule has 2 heterocycles. The summed E-state index contributed by atoms with van der Waals surface area (Å²) in [5, 5.41) is 2.06. The molecule has 0 spiro atoms. The van der Waals surface area contributed by atoms with E-state index in [1.165, 1.54) is 22.0 Å². The van der Waals surface area contributed by atoms with Crippen molar-refractivity contribution in [2.24, 2.45) is 0 Å². The van der Waals surface area contributed by atoms with Gasteiger partial charge in [-0.3, -0.25) is 9.80 Å². The summed E-state index contributed by atoms with van der Waals surface area (Å²) in [5.41, 5.74) is 3.92. The quantitative estimate of drug-likeness (QED) is 0.754. The average Bonchev–Trinajstić information content (AvgIpc) is 3.20. The molecular weight excluding hydrogens is 318 g/mol. The molecule has 1 fully saturated rings. The van der Waals surface area contributed by atoms with Crippen molar-refractivity contribution in [3.63, 3.8) is 0 Å². The highest BCUT2D eigenvalue weighted by Gasteiger charge is 2.19. The number of hydrogen-bond acceptors (Lipinski definition) is 2. The minimum atomic E-state index is 0.804. The molecule has 0 radical (unpaired) electrons. The van der Waals surface area contributed by atoms with Gasteiger partial charge in [0.2, 0.25) is 0 Å². The molecule has 1 aromatic heterocycles. The van der Waals surface area contributed by atoms with E-state index in [4.69, 9.17) is 11.6 Å². The molecule has 1 aliphatic rings. The van der Waals surface area contributed by atoms with E-state index in [2.05, 4.69) is 63.4 Å². The molecule has 4 rings (SSSR count). The number of rotatable bonds is 5. The number of fused-ring (bicyclic) bond motifs is 1. The zero-order valence-electron chi connectivity index (χ0n) is 13.7. The fourth-order valence-corrected chi connectivity index (χ4v) is 3.67. The van der Waals surface area contributed by atoms with Crippen LogP contribution in [0.5, 0.6) is 0 Å². The summed E-state index contributed by atoms with van der Waals surface area (Å²) in [6, 6.07) is 16.8. The molecule has 0 unspecified atom stereocenters. The molecule has 24 heavy (non-hydrogen) atoms. The first kappa shape index (κ1) is 15.7. The molecule has 3 nitrogen and oxygen atoms in total. The fraction of sp³-hybridized carbons (Fsp3) is 0.300. The van der Waals surface area contributed by atoms with Crippen molar-refractivity contribution in [3.05, 3.63) is 70.9 Å². The Labute approximate surface area is 147 Å². The second-order valence-electron chi connectivity index (χ2n) is 6.55. The summed E-state index contributed by atoms with van der Waals surface area (Å²) in [5.74, 6) is 0. The third-order valence-electron chi connectivity index (χ3n) is 4.81. The van der Waals surface area contributed by atoms with Gasteiger partial charge < -0.3 is 4.98 Å². The lowest BCUT2D eigenvalue weighted by molar-refractivity contribution is 0.242. The number of nitrogens with zero attached hydrogens (tertiary/aromatic N) is 2. The van der Waals surface area contributed by atoms with Crippen LogP contribution < -0.4 is 0 Å². The van der Waals surface area contributed by atoms with Crippen molar-refractivity contribution >= 4 is 22.5 Å². The van der Waals surface area contributed by atoms with Gasteiger partial charge in [0.05, 0.1) is 6.67 Å². The van der Waals surface area contributed by atoms with Gasteiger partial charge in [-0.1, -0.05) is 41.9 Å². The van der Waals surface area contributed by atoms with Crippen LogP contribution in [0.2, 0.25) is 5.02 Å². The third kappa shape index (κ3) is 3.48. The van der Waals surface area contributed by atoms with Crippen molar-refractivity contribution < 1.29 is 0 Å². The zero-order valence-corrected chi connectivity index (χ0v) is 14.5. The maximum atomic E-state index is 6.14.